The number of aliphatic imine (C=N–C) groups is 1. The normalized spacial score (nSPS) is 18.0. The Morgan fingerprint density at radius 1 is 1.00 bits per heavy atom. The number of ether oxygens (including phenoxy) is 2. The third kappa shape index (κ3) is 7.75. The predicted molar refractivity (Wildman–Crippen MR) is 165 cm³/mol. The number of amides is 1. The van der Waals surface area contributed by atoms with Crippen LogP contribution in [0.2, 0.25) is 0 Å². The van der Waals surface area contributed by atoms with E-state index in [1.165, 1.54) is 54.5 Å². The lowest BCUT2D eigenvalue weighted by molar-refractivity contribution is -0.115. The van der Waals surface area contributed by atoms with Gasteiger partial charge in [-0.05, 0) is 89.7 Å². The molecule has 5 rings (SSSR count). The van der Waals surface area contributed by atoms with E-state index in [1.54, 1.807) is 31.4 Å². The van der Waals surface area contributed by atoms with E-state index in [4.69, 9.17) is 9.47 Å². The van der Waals surface area contributed by atoms with Crippen LogP contribution in [0.3, 0.4) is 0 Å². The number of carbonyl (C=O) groups is 1. The number of nitrogens with zero attached hydrogens (tertiary/aromatic N) is 1. The molecule has 44 heavy (non-hydrogen) atoms. The summed E-state index contributed by atoms with van der Waals surface area (Å²) in [5, 5.41) is 2.89. The van der Waals surface area contributed by atoms with Crippen LogP contribution in [0, 0.1) is 0 Å². The molecule has 0 spiro atoms. The second kappa shape index (κ2) is 13.3. The van der Waals surface area contributed by atoms with Gasteiger partial charge in [0.05, 0.1) is 17.7 Å². The van der Waals surface area contributed by atoms with E-state index >= 15 is 0 Å². The van der Waals surface area contributed by atoms with Gasteiger partial charge >= 0.3 is 15.5 Å². The Balaban J connectivity index is 1.21. The minimum absolute atomic E-state index is 0.256. The summed E-state index contributed by atoms with van der Waals surface area (Å²) in [6.45, 7) is 0.384. The predicted octanol–water partition coefficient (Wildman–Crippen LogP) is 7.48. The number of benzene rings is 3. The standard InChI is InChI=1S/C31H30F3N3O5S2/c1-41-27-17-21(9-16-26(27)42-19-20-7-10-23(11-8-20)22-5-3-2-4-6-22)18-28-29(38)36-30(43-28)35-24-12-14-25(15-13-24)37-44(39,40)31(32,33)34/h7-18,22,37H,2-6,19H2,1H3,(H,35,36,38)/b28-18+. The van der Waals surface area contributed by atoms with Crippen LogP contribution in [0.5, 0.6) is 11.5 Å². The first-order valence-corrected chi connectivity index (χ1v) is 16.2. The van der Waals surface area contributed by atoms with Crippen molar-refractivity contribution >= 4 is 50.3 Å². The molecule has 13 heteroatoms. The van der Waals surface area contributed by atoms with Crippen LogP contribution in [0.25, 0.3) is 6.08 Å². The maximum atomic E-state index is 12.6. The third-order valence-corrected chi connectivity index (χ3v) is 9.27. The number of sulfonamides is 1. The quantitative estimate of drug-likeness (QED) is 0.234. The molecule has 0 unspecified atom stereocenters. The average molecular weight is 646 g/mol. The van der Waals surface area contributed by atoms with Crippen LogP contribution in [0.1, 0.15) is 54.7 Å². The topological polar surface area (TPSA) is 106 Å². The van der Waals surface area contributed by atoms with Gasteiger partial charge in [-0.25, -0.2) is 4.99 Å². The number of alkyl halides is 3. The Morgan fingerprint density at radius 2 is 1.70 bits per heavy atom. The van der Waals surface area contributed by atoms with Gasteiger partial charge in [0, 0.05) is 5.69 Å². The van der Waals surface area contributed by atoms with E-state index in [0.717, 1.165) is 29.5 Å². The van der Waals surface area contributed by atoms with Crippen LogP contribution < -0.4 is 19.5 Å². The monoisotopic (exact) mass is 645 g/mol. The molecule has 8 nitrogen and oxygen atoms in total. The number of amidine groups is 1. The van der Waals surface area contributed by atoms with Crippen LogP contribution in [-0.4, -0.2) is 32.1 Å². The van der Waals surface area contributed by atoms with Crippen molar-refractivity contribution in [3.8, 4) is 11.5 Å². The molecule has 2 fully saturated rings. The van der Waals surface area contributed by atoms with Crippen molar-refractivity contribution < 1.29 is 35.9 Å². The fourth-order valence-electron chi connectivity index (χ4n) is 4.94. The first kappa shape index (κ1) is 31.5. The summed E-state index contributed by atoms with van der Waals surface area (Å²) in [4.78, 5) is 17.2. The Morgan fingerprint density at radius 3 is 2.36 bits per heavy atom. The minimum atomic E-state index is -5.53. The summed E-state index contributed by atoms with van der Waals surface area (Å²) >= 11 is 1.08. The maximum Gasteiger partial charge on any atom is 0.516 e. The van der Waals surface area contributed by atoms with E-state index in [-0.39, 0.29) is 16.8 Å². The van der Waals surface area contributed by atoms with Crippen LogP contribution >= 0.6 is 11.8 Å². The molecule has 1 amide bonds. The van der Waals surface area contributed by atoms with Gasteiger partial charge in [0.1, 0.15) is 6.61 Å². The minimum Gasteiger partial charge on any atom is -0.493 e. The van der Waals surface area contributed by atoms with Gasteiger partial charge in [-0.2, -0.15) is 21.6 Å². The SMILES string of the molecule is COc1cc(/C=C2/SC(=Nc3ccc(NS(=O)(=O)C(F)(F)F)cc3)NC2=O)ccc1OCc1ccc(C2CCCCC2)cc1. The summed E-state index contributed by atoms with van der Waals surface area (Å²) in [7, 11) is -3.99. The van der Waals surface area contributed by atoms with Crippen LogP contribution in [-0.2, 0) is 21.4 Å². The zero-order valence-electron chi connectivity index (χ0n) is 23.7. The maximum absolute atomic E-state index is 12.6. The zero-order valence-corrected chi connectivity index (χ0v) is 25.3. The highest BCUT2D eigenvalue weighted by Gasteiger charge is 2.46. The number of hydrogen-bond donors (Lipinski definition) is 2. The Kier molecular flexibility index (Phi) is 9.54. The van der Waals surface area contributed by atoms with Crippen molar-refractivity contribution in [3.63, 3.8) is 0 Å². The molecule has 1 aliphatic carbocycles. The first-order chi connectivity index (χ1) is 21.0. The van der Waals surface area contributed by atoms with Gasteiger partial charge in [0.15, 0.2) is 16.7 Å². The van der Waals surface area contributed by atoms with Crippen molar-refractivity contribution in [1.29, 1.82) is 0 Å². The summed E-state index contributed by atoms with van der Waals surface area (Å²) in [6, 6.07) is 18.9. The summed E-state index contributed by atoms with van der Waals surface area (Å²) in [5.41, 5.74) is -2.26. The van der Waals surface area contributed by atoms with Crippen molar-refractivity contribution in [2.24, 2.45) is 4.99 Å². The lowest BCUT2D eigenvalue weighted by Crippen LogP contribution is -2.29. The van der Waals surface area contributed by atoms with E-state index in [0.29, 0.717) is 40.2 Å². The Bertz CT molecular complexity index is 1670. The van der Waals surface area contributed by atoms with Gasteiger partial charge in [0.25, 0.3) is 5.91 Å². The zero-order chi connectivity index (χ0) is 31.3. The fraction of sp³-hybridized carbons (Fsp3) is 0.290. The van der Waals surface area contributed by atoms with E-state index < -0.39 is 15.5 Å². The number of nitrogens with one attached hydrogen (secondary N) is 2. The van der Waals surface area contributed by atoms with Crippen molar-refractivity contribution in [2.75, 3.05) is 11.8 Å². The van der Waals surface area contributed by atoms with Crippen LogP contribution in [0.4, 0.5) is 24.5 Å². The second-order valence-electron chi connectivity index (χ2n) is 10.4. The Labute approximate surface area is 257 Å². The van der Waals surface area contributed by atoms with Crippen molar-refractivity contribution in [3.05, 3.63) is 88.3 Å². The third-order valence-electron chi connectivity index (χ3n) is 7.24. The molecular formula is C31H30F3N3O5S2. The number of hydrogen-bond acceptors (Lipinski definition) is 7. The first-order valence-electron chi connectivity index (χ1n) is 13.9. The fourth-order valence-corrected chi connectivity index (χ4v) is 6.35. The van der Waals surface area contributed by atoms with Gasteiger partial charge in [-0.15, -0.1) is 0 Å². The van der Waals surface area contributed by atoms with Crippen molar-refractivity contribution in [2.45, 2.75) is 50.1 Å². The van der Waals surface area contributed by atoms with E-state index in [2.05, 4.69) is 34.6 Å². The average Bonchev–Trinajstić information content (AvgIpc) is 3.35. The van der Waals surface area contributed by atoms with Gasteiger partial charge < -0.3 is 14.8 Å². The molecule has 1 saturated heterocycles. The number of carbonyl (C=O) groups excluding carboxylic acids is 1. The number of rotatable bonds is 9. The van der Waals surface area contributed by atoms with Gasteiger partial charge in [-0.1, -0.05) is 49.6 Å². The molecule has 0 atom stereocenters. The molecule has 3 aromatic rings. The summed E-state index contributed by atoms with van der Waals surface area (Å²) in [6.07, 6.45) is 8.10. The molecular weight excluding hydrogens is 615 g/mol. The molecule has 0 aromatic heterocycles. The second-order valence-corrected chi connectivity index (χ2v) is 13.1. The summed E-state index contributed by atoms with van der Waals surface area (Å²) < 4.78 is 73.3. The van der Waals surface area contributed by atoms with Crippen molar-refractivity contribution in [1.82, 2.24) is 5.32 Å². The van der Waals surface area contributed by atoms with Gasteiger partial charge in [0.2, 0.25) is 0 Å². The summed E-state index contributed by atoms with van der Waals surface area (Å²) in [5.74, 6) is 1.35. The largest absolute Gasteiger partial charge is 0.516 e. The molecule has 1 aliphatic heterocycles. The number of thioether (sulfide) groups is 1. The lowest BCUT2D eigenvalue weighted by Gasteiger charge is -2.22. The van der Waals surface area contributed by atoms with Gasteiger partial charge in [-0.3, -0.25) is 9.52 Å². The number of methoxy groups -OCH3 is 1. The molecule has 0 bridgehead atoms. The molecule has 232 valence electrons. The highest BCUT2D eigenvalue weighted by Crippen LogP contribution is 2.35. The lowest BCUT2D eigenvalue weighted by atomic mass is 9.84. The Hall–Kier alpha value is -3.97. The number of halogens is 3. The molecule has 1 heterocycles. The number of anilines is 1. The van der Waals surface area contributed by atoms with E-state index in [9.17, 15) is 26.4 Å². The molecule has 2 N–H and O–H groups in total. The molecule has 1 saturated carbocycles. The highest BCUT2D eigenvalue weighted by atomic mass is 32.2. The highest BCUT2D eigenvalue weighted by molar-refractivity contribution is 8.18. The molecule has 0 radical (unpaired) electrons. The molecule has 2 aliphatic rings. The van der Waals surface area contributed by atoms with Crippen LogP contribution in [0.15, 0.2) is 76.6 Å². The van der Waals surface area contributed by atoms with E-state index in [1.807, 2.05) is 0 Å². The smallest absolute Gasteiger partial charge is 0.493 e. The molecule has 3 aromatic carbocycles.